The van der Waals surface area contributed by atoms with Gasteiger partial charge in [0.1, 0.15) is 5.75 Å². The first-order valence-electron chi connectivity index (χ1n) is 9.58. The number of carbonyl (C=O) groups excluding carboxylic acids is 1. The summed E-state index contributed by atoms with van der Waals surface area (Å²) in [5, 5.41) is 2.97. The number of anilines is 2. The van der Waals surface area contributed by atoms with Crippen molar-refractivity contribution in [2.45, 2.75) is 45.6 Å². The molecule has 0 bridgehead atoms. The Bertz CT molecular complexity index is 727. The molecule has 1 N–H and O–H groups in total. The molecule has 1 amide bonds. The SMILES string of the molecule is CCCOc1cccc(C(=O)Nc2ccc(N3CCCC[C@H]3C)cc2)c1. The molecule has 0 radical (unpaired) electrons. The molecule has 1 aliphatic rings. The lowest BCUT2D eigenvalue weighted by molar-refractivity contribution is 0.102. The second-order valence-electron chi connectivity index (χ2n) is 6.92. The number of nitrogens with zero attached hydrogens (tertiary/aromatic N) is 1. The molecule has 1 fully saturated rings. The van der Waals surface area contributed by atoms with Gasteiger partial charge in [-0.25, -0.2) is 0 Å². The van der Waals surface area contributed by atoms with Crippen LogP contribution in [-0.2, 0) is 0 Å². The number of nitrogens with one attached hydrogen (secondary N) is 1. The van der Waals surface area contributed by atoms with Gasteiger partial charge in [0, 0.05) is 29.5 Å². The number of hydrogen-bond donors (Lipinski definition) is 1. The maximum atomic E-state index is 12.5. The van der Waals surface area contributed by atoms with Crippen LogP contribution >= 0.6 is 0 Å². The Morgan fingerprint density at radius 1 is 1.19 bits per heavy atom. The van der Waals surface area contributed by atoms with Crippen molar-refractivity contribution in [1.82, 2.24) is 0 Å². The zero-order chi connectivity index (χ0) is 18.4. The largest absolute Gasteiger partial charge is 0.494 e. The third-order valence-corrected chi connectivity index (χ3v) is 4.83. The maximum absolute atomic E-state index is 12.5. The van der Waals surface area contributed by atoms with Crippen molar-refractivity contribution in [3.8, 4) is 5.75 Å². The highest BCUT2D eigenvalue weighted by Gasteiger charge is 2.18. The molecule has 4 heteroatoms. The molecule has 1 aliphatic heterocycles. The van der Waals surface area contributed by atoms with E-state index in [1.165, 1.54) is 24.9 Å². The van der Waals surface area contributed by atoms with Gasteiger partial charge < -0.3 is 15.0 Å². The topological polar surface area (TPSA) is 41.6 Å². The fourth-order valence-corrected chi connectivity index (χ4v) is 3.37. The highest BCUT2D eigenvalue weighted by atomic mass is 16.5. The molecule has 2 aromatic carbocycles. The Morgan fingerprint density at radius 2 is 2.00 bits per heavy atom. The van der Waals surface area contributed by atoms with Crippen LogP contribution in [0.25, 0.3) is 0 Å². The number of carbonyl (C=O) groups is 1. The first-order valence-corrected chi connectivity index (χ1v) is 9.58. The third-order valence-electron chi connectivity index (χ3n) is 4.83. The van der Waals surface area contributed by atoms with E-state index in [9.17, 15) is 4.79 Å². The van der Waals surface area contributed by atoms with Gasteiger partial charge in [-0.3, -0.25) is 4.79 Å². The molecule has 0 aromatic heterocycles. The average molecular weight is 352 g/mol. The summed E-state index contributed by atoms with van der Waals surface area (Å²) >= 11 is 0. The number of benzene rings is 2. The van der Waals surface area contributed by atoms with Crippen molar-refractivity contribution in [2.75, 3.05) is 23.4 Å². The lowest BCUT2D eigenvalue weighted by Gasteiger charge is -2.35. The van der Waals surface area contributed by atoms with Gasteiger partial charge in [-0.15, -0.1) is 0 Å². The summed E-state index contributed by atoms with van der Waals surface area (Å²) in [6.07, 6.45) is 4.75. The van der Waals surface area contributed by atoms with Crippen LogP contribution in [0.15, 0.2) is 48.5 Å². The van der Waals surface area contributed by atoms with Crippen LogP contribution in [0.1, 0.15) is 49.9 Å². The fraction of sp³-hybridized carbons (Fsp3) is 0.409. The molecule has 0 unspecified atom stereocenters. The van der Waals surface area contributed by atoms with Crippen LogP contribution in [0.3, 0.4) is 0 Å². The second kappa shape index (κ2) is 8.75. The molecule has 0 spiro atoms. The molecule has 1 saturated heterocycles. The predicted octanol–water partition coefficient (Wildman–Crippen LogP) is 5.11. The highest BCUT2D eigenvalue weighted by Crippen LogP contribution is 2.26. The van der Waals surface area contributed by atoms with E-state index < -0.39 is 0 Å². The first-order chi connectivity index (χ1) is 12.7. The molecule has 0 saturated carbocycles. The molecule has 1 atom stereocenters. The summed E-state index contributed by atoms with van der Waals surface area (Å²) in [5.41, 5.74) is 2.64. The van der Waals surface area contributed by atoms with E-state index in [1.54, 1.807) is 12.1 Å². The van der Waals surface area contributed by atoms with Crippen LogP contribution in [0.2, 0.25) is 0 Å². The van der Waals surface area contributed by atoms with Gasteiger partial charge in [0.2, 0.25) is 0 Å². The Balaban J connectivity index is 1.64. The van der Waals surface area contributed by atoms with Crippen molar-refractivity contribution in [1.29, 1.82) is 0 Å². The third kappa shape index (κ3) is 4.57. The second-order valence-corrected chi connectivity index (χ2v) is 6.92. The lowest BCUT2D eigenvalue weighted by Crippen LogP contribution is -2.37. The standard InChI is InChI=1S/C22H28N2O2/c1-3-15-26-21-9-6-8-18(16-21)22(25)23-19-10-12-20(13-11-19)24-14-5-4-7-17(24)2/h6,8-13,16-17H,3-5,7,14-15H2,1-2H3,(H,23,25)/t17-/m1/s1. The van der Waals surface area contributed by atoms with Crippen LogP contribution < -0.4 is 15.0 Å². The van der Waals surface area contributed by atoms with E-state index in [2.05, 4.69) is 36.2 Å². The van der Waals surface area contributed by atoms with E-state index in [0.717, 1.165) is 24.4 Å². The lowest BCUT2D eigenvalue weighted by atomic mass is 10.0. The Labute approximate surface area is 156 Å². The minimum absolute atomic E-state index is 0.119. The quantitative estimate of drug-likeness (QED) is 0.786. The highest BCUT2D eigenvalue weighted by molar-refractivity contribution is 6.04. The van der Waals surface area contributed by atoms with Crippen LogP contribution in [0.5, 0.6) is 5.75 Å². The van der Waals surface area contributed by atoms with Crippen molar-refractivity contribution in [3.05, 3.63) is 54.1 Å². The average Bonchev–Trinajstić information content (AvgIpc) is 2.68. The smallest absolute Gasteiger partial charge is 0.255 e. The van der Waals surface area contributed by atoms with E-state index in [4.69, 9.17) is 4.74 Å². The number of amides is 1. The van der Waals surface area contributed by atoms with Crippen molar-refractivity contribution >= 4 is 17.3 Å². The summed E-state index contributed by atoms with van der Waals surface area (Å²) in [6, 6.07) is 16.0. The number of rotatable bonds is 6. The predicted molar refractivity (Wildman–Crippen MR) is 107 cm³/mol. The van der Waals surface area contributed by atoms with Crippen molar-refractivity contribution in [2.24, 2.45) is 0 Å². The molecule has 2 aromatic rings. The Kier molecular flexibility index (Phi) is 6.16. The first kappa shape index (κ1) is 18.3. The molecule has 138 valence electrons. The minimum Gasteiger partial charge on any atom is -0.494 e. The maximum Gasteiger partial charge on any atom is 0.255 e. The normalized spacial score (nSPS) is 17.0. The van der Waals surface area contributed by atoms with Gasteiger partial charge in [0.15, 0.2) is 0 Å². The van der Waals surface area contributed by atoms with E-state index >= 15 is 0 Å². The fourth-order valence-electron chi connectivity index (χ4n) is 3.37. The summed E-state index contributed by atoms with van der Waals surface area (Å²) < 4.78 is 5.60. The van der Waals surface area contributed by atoms with Crippen LogP contribution in [0, 0.1) is 0 Å². The minimum atomic E-state index is -0.119. The molecule has 4 nitrogen and oxygen atoms in total. The van der Waals surface area contributed by atoms with Gasteiger partial charge in [-0.05, 0) is 75.1 Å². The monoisotopic (exact) mass is 352 g/mol. The van der Waals surface area contributed by atoms with Crippen molar-refractivity contribution in [3.63, 3.8) is 0 Å². The Hall–Kier alpha value is -2.49. The summed E-state index contributed by atoms with van der Waals surface area (Å²) in [5.74, 6) is 0.611. The summed E-state index contributed by atoms with van der Waals surface area (Å²) in [4.78, 5) is 14.9. The van der Waals surface area contributed by atoms with Gasteiger partial charge in [0.05, 0.1) is 6.61 Å². The molecule has 3 rings (SSSR count). The van der Waals surface area contributed by atoms with Gasteiger partial charge in [-0.1, -0.05) is 13.0 Å². The molecule has 26 heavy (non-hydrogen) atoms. The molecule has 1 heterocycles. The zero-order valence-electron chi connectivity index (χ0n) is 15.7. The van der Waals surface area contributed by atoms with Gasteiger partial charge in [-0.2, -0.15) is 0 Å². The van der Waals surface area contributed by atoms with Gasteiger partial charge in [0.25, 0.3) is 5.91 Å². The summed E-state index contributed by atoms with van der Waals surface area (Å²) in [7, 11) is 0. The number of piperidine rings is 1. The zero-order valence-corrected chi connectivity index (χ0v) is 15.7. The molecular weight excluding hydrogens is 324 g/mol. The van der Waals surface area contributed by atoms with E-state index in [0.29, 0.717) is 18.2 Å². The Morgan fingerprint density at radius 3 is 2.73 bits per heavy atom. The molecular formula is C22H28N2O2. The van der Waals surface area contributed by atoms with Crippen molar-refractivity contribution < 1.29 is 9.53 Å². The van der Waals surface area contributed by atoms with Crippen LogP contribution in [-0.4, -0.2) is 25.1 Å². The van der Waals surface area contributed by atoms with Gasteiger partial charge >= 0.3 is 0 Å². The van der Waals surface area contributed by atoms with Crippen LogP contribution in [0.4, 0.5) is 11.4 Å². The molecule has 0 aliphatic carbocycles. The summed E-state index contributed by atoms with van der Waals surface area (Å²) in [6.45, 7) is 6.10. The van der Waals surface area contributed by atoms with E-state index in [-0.39, 0.29) is 5.91 Å². The van der Waals surface area contributed by atoms with E-state index in [1.807, 2.05) is 24.3 Å². The number of ether oxygens (including phenoxy) is 1. The number of hydrogen-bond acceptors (Lipinski definition) is 3.